The normalized spacial score (nSPS) is 26.8. The summed E-state index contributed by atoms with van der Waals surface area (Å²) < 4.78 is 5.75. The first-order valence-corrected chi connectivity index (χ1v) is 8.24. The molecule has 2 heterocycles. The van der Waals surface area contributed by atoms with Gasteiger partial charge in [0.1, 0.15) is 5.75 Å². The Hall–Kier alpha value is -1.55. The van der Waals surface area contributed by atoms with Gasteiger partial charge in [-0.2, -0.15) is 0 Å². The summed E-state index contributed by atoms with van der Waals surface area (Å²) in [5, 5.41) is 3.62. The number of aryl methyl sites for hydroxylation is 2. The van der Waals surface area contributed by atoms with Gasteiger partial charge in [-0.1, -0.05) is 12.1 Å². The molecule has 0 spiro atoms. The quantitative estimate of drug-likeness (QED) is 0.929. The number of piperidine rings is 1. The molecular weight excluding hydrogens is 276 g/mol. The molecule has 2 unspecified atom stereocenters. The first kappa shape index (κ1) is 15.3. The number of ether oxygens (including phenoxy) is 1. The minimum absolute atomic E-state index is 0.0761. The van der Waals surface area contributed by atoms with Crippen LogP contribution in [0.1, 0.15) is 36.8 Å². The van der Waals surface area contributed by atoms with Crippen molar-refractivity contribution in [1.29, 1.82) is 0 Å². The van der Waals surface area contributed by atoms with E-state index in [0.29, 0.717) is 18.1 Å². The minimum Gasteiger partial charge on any atom is -0.483 e. The molecule has 22 heavy (non-hydrogen) atoms. The van der Waals surface area contributed by atoms with Crippen LogP contribution in [0.2, 0.25) is 0 Å². The Morgan fingerprint density at radius 2 is 1.95 bits per heavy atom. The fourth-order valence-corrected chi connectivity index (χ4v) is 3.65. The number of hydrogen-bond acceptors (Lipinski definition) is 3. The van der Waals surface area contributed by atoms with Crippen LogP contribution in [0.4, 0.5) is 0 Å². The number of benzene rings is 1. The van der Waals surface area contributed by atoms with Crippen LogP contribution >= 0.6 is 0 Å². The van der Waals surface area contributed by atoms with E-state index in [9.17, 15) is 4.79 Å². The predicted molar refractivity (Wildman–Crippen MR) is 87.1 cm³/mol. The summed E-state index contributed by atoms with van der Waals surface area (Å²) in [5.41, 5.74) is 2.22. The van der Waals surface area contributed by atoms with Gasteiger partial charge in [0, 0.05) is 25.2 Å². The summed E-state index contributed by atoms with van der Waals surface area (Å²) in [5.74, 6) is 0.888. The Morgan fingerprint density at radius 3 is 2.64 bits per heavy atom. The molecule has 4 nitrogen and oxygen atoms in total. The molecule has 1 aromatic carbocycles. The maximum Gasteiger partial charge on any atom is 0.260 e. The lowest BCUT2D eigenvalue weighted by Gasteiger charge is -2.35. The largest absolute Gasteiger partial charge is 0.483 e. The molecule has 2 fully saturated rings. The summed E-state index contributed by atoms with van der Waals surface area (Å²) >= 11 is 0. The van der Waals surface area contributed by atoms with Crippen LogP contribution < -0.4 is 10.1 Å². The van der Waals surface area contributed by atoms with Crippen molar-refractivity contribution in [3.8, 4) is 5.75 Å². The molecule has 2 bridgehead atoms. The van der Waals surface area contributed by atoms with Gasteiger partial charge < -0.3 is 15.0 Å². The third-order valence-corrected chi connectivity index (χ3v) is 5.08. The van der Waals surface area contributed by atoms with E-state index in [1.807, 2.05) is 37.9 Å². The van der Waals surface area contributed by atoms with Crippen LogP contribution in [0.25, 0.3) is 0 Å². The summed E-state index contributed by atoms with van der Waals surface area (Å²) in [6.07, 6.45) is 4.65. The third kappa shape index (κ3) is 3.27. The Balaban J connectivity index is 1.56. The predicted octanol–water partition coefficient (Wildman–Crippen LogP) is 2.42. The summed E-state index contributed by atoms with van der Waals surface area (Å²) in [6.45, 7) is 4.17. The molecule has 1 aromatic rings. The number of nitrogens with zero attached hydrogens (tertiary/aromatic N) is 1. The molecule has 4 heteroatoms. The monoisotopic (exact) mass is 302 g/mol. The van der Waals surface area contributed by atoms with Crippen LogP contribution in [0.3, 0.4) is 0 Å². The second-order valence-electron chi connectivity index (χ2n) is 6.83. The molecule has 0 saturated carbocycles. The van der Waals surface area contributed by atoms with Gasteiger partial charge in [-0.15, -0.1) is 0 Å². The van der Waals surface area contributed by atoms with Crippen LogP contribution in [-0.2, 0) is 4.79 Å². The molecule has 1 N–H and O–H groups in total. The zero-order chi connectivity index (χ0) is 15.7. The average molecular weight is 302 g/mol. The Morgan fingerprint density at radius 1 is 1.27 bits per heavy atom. The van der Waals surface area contributed by atoms with Gasteiger partial charge in [0.2, 0.25) is 0 Å². The van der Waals surface area contributed by atoms with Crippen molar-refractivity contribution in [3.05, 3.63) is 29.3 Å². The van der Waals surface area contributed by atoms with Crippen molar-refractivity contribution < 1.29 is 9.53 Å². The number of nitrogens with one attached hydrogen (secondary N) is 1. The Kier molecular flexibility index (Phi) is 4.39. The van der Waals surface area contributed by atoms with Crippen LogP contribution in [0.5, 0.6) is 5.75 Å². The van der Waals surface area contributed by atoms with Crippen molar-refractivity contribution in [1.82, 2.24) is 10.2 Å². The second-order valence-corrected chi connectivity index (χ2v) is 6.83. The first-order chi connectivity index (χ1) is 10.5. The zero-order valence-electron chi connectivity index (χ0n) is 13.8. The highest BCUT2D eigenvalue weighted by Crippen LogP contribution is 2.29. The number of hydrogen-bond donors (Lipinski definition) is 1. The minimum atomic E-state index is 0.0761. The lowest BCUT2D eigenvalue weighted by Crippen LogP contribution is -2.49. The summed E-state index contributed by atoms with van der Waals surface area (Å²) in [4.78, 5) is 14.3. The van der Waals surface area contributed by atoms with Crippen molar-refractivity contribution in [2.45, 2.75) is 57.7 Å². The molecule has 0 aliphatic carbocycles. The van der Waals surface area contributed by atoms with Gasteiger partial charge in [-0.3, -0.25) is 4.79 Å². The second kappa shape index (κ2) is 6.29. The fraction of sp³-hybridized carbons (Fsp3) is 0.611. The van der Waals surface area contributed by atoms with E-state index in [4.69, 9.17) is 4.74 Å². The summed E-state index contributed by atoms with van der Waals surface area (Å²) in [7, 11) is 1.92. The SMILES string of the molecule is Cc1ccc(C)c(OCC(=O)N(C)C2CC3CCC(C2)N3)c1. The van der Waals surface area contributed by atoms with E-state index in [0.717, 1.165) is 29.7 Å². The highest BCUT2D eigenvalue weighted by Gasteiger charge is 2.36. The number of amides is 1. The van der Waals surface area contributed by atoms with Crippen molar-refractivity contribution >= 4 is 5.91 Å². The van der Waals surface area contributed by atoms with Crippen LogP contribution in [0.15, 0.2) is 18.2 Å². The van der Waals surface area contributed by atoms with E-state index in [1.165, 1.54) is 12.8 Å². The molecule has 2 atom stereocenters. The van der Waals surface area contributed by atoms with E-state index in [1.54, 1.807) is 0 Å². The molecule has 1 amide bonds. The smallest absolute Gasteiger partial charge is 0.260 e. The van der Waals surface area contributed by atoms with Gasteiger partial charge in [0.15, 0.2) is 6.61 Å². The first-order valence-electron chi connectivity index (χ1n) is 8.24. The maximum absolute atomic E-state index is 12.4. The van der Waals surface area contributed by atoms with Crippen LogP contribution in [0, 0.1) is 13.8 Å². The van der Waals surface area contributed by atoms with Gasteiger partial charge in [-0.25, -0.2) is 0 Å². The highest BCUT2D eigenvalue weighted by atomic mass is 16.5. The summed E-state index contributed by atoms with van der Waals surface area (Å²) in [6, 6.07) is 7.63. The van der Waals surface area contributed by atoms with Gasteiger partial charge in [0.05, 0.1) is 0 Å². The highest BCUT2D eigenvalue weighted by molar-refractivity contribution is 5.78. The fourth-order valence-electron chi connectivity index (χ4n) is 3.65. The van der Waals surface area contributed by atoms with E-state index >= 15 is 0 Å². The van der Waals surface area contributed by atoms with E-state index < -0.39 is 0 Å². The molecule has 120 valence electrons. The van der Waals surface area contributed by atoms with Gasteiger partial charge in [-0.05, 0) is 56.7 Å². The van der Waals surface area contributed by atoms with E-state index in [-0.39, 0.29) is 12.5 Å². The maximum atomic E-state index is 12.4. The number of likely N-dealkylation sites (N-methyl/N-ethyl adjacent to an activating group) is 1. The Bertz CT molecular complexity index is 546. The van der Waals surface area contributed by atoms with Crippen LogP contribution in [-0.4, -0.2) is 42.6 Å². The standard InChI is InChI=1S/C18H26N2O2/c1-12-4-5-13(2)17(8-12)22-11-18(21)20(3)16-9-14-6-7-15(10-16)19-14/h4-5,8,14-16,19H,6-7,9-11H2,1-3H3. The molecule has 0 aromatic heterocycles. The van der Waals surface area contributed by atoms with E-state index in [2.05, 4.69) is 11.4 Å². The topological polar surface area (TPSA) is 41.6 Å². The average Bonchev–Trinajstić information content (AvgIpc) is 2.85. The Labute approximate surface area is 132 Å². The lowest BCUT2D eigenvalue weighted by molar-refractivity contribution is -0.134. The van der Waals surface area contributed by atoms with Crippen molar-refractivity contribution in [2.75, 3.05) is 13.7 Å². The third-order valence-electron chi connectivity index (χ3n) is 5.08. The van der Waals surface area contributed by atoms with Crippen molar-refractivity contribution in [3.63, 3.8) is 0 Å². The molecule has 2 saturated heterocycles. The number of fused-ring (bicyclic) bond motifs is 2. The molecule has 3 rings (SSSR count). The number of carbonyl (C=O) groups is 1. The molecular formula is C18H26N2O2. The van der Waals surface area contributed by atoms with Gasteiger partial charge in [0.25, 0.3) is 5.91 Å². The van der Waals surface area contributed by atoms with Gasteiger partial charge >= 0.3 is 0 Å². The van der Waals surface area contributed by atoms with Crippen molar-refractivity contribution in [2.24, 2.45) is 0 Å². The number of rotatable bonds is 4. The lowest BCUT2D eigenvalue weighted by atomic mass is 9.98. The molecule has 2 aliphatic rings. The zero-order valence-corrected chi connectivity index (χ0v) is 13.8. The molecule has 2 aliphatic heterocycles. The number of carbonyl (C=O) groups excluding carboxylic acids is 1. The molecule has 0 radical (unpaired) electrons.